The molecule has 2 aliphatic rings. The monoisotopic (exact) mass is 317 g/mol. The number of carbonyl (C=O) groups is 2. The van der Waals surface area contributed by atoms with Crippen molar-refractivity contribution in [2.75, 3.05) is 7.05 Å². The second-order valence-electron chi connectivity index (χ2n) is 6.95. The molecule has 22 heavy (non-hydrogen) atoms. The van der Waals surface area contributed by atoms with E-state index in [4.69, 9.17) is 20.4 Å². The van der Waals surface area contributed by atoms with E-state index in [0.717, 1.165) is 11.8 Å². The maximum atomic E-state index is 9.77. The van der Waals surface area contributed by atoms with Gasteiger partial charge in [-0.2, -0.15) is 0 Å². The molecule has 2 bridgehead atoms. The Hall–Kier alpha value is -1.18. The van der Waals surface area contributed by atoms with E-state index in [1.807, 2.05) is 0 Å². The summed E-state index contributed by atoms with van der Waals surface area (Å²) in [5, 5.41) is 36.1. The van der Waals surface area contributed by atoms with Crippen LogP contribution >= 0.6 is 0 Å². The first kappa shape index (κ1) is 18.9. The highest BCUT2D eigenvalue weighted by Gasteiger charge is 2.59. The Kier molecular flexibility index (Phi) is 5.59. The second-order valence-corrected chi connectivity index (χ2v) is 6.95. The van der Waals surface area contributed by atoms with E-state index in [1.165, 1.54) is 19.3 Å². The van der Waals surface area contributed by atoms with Crippen LogP contribution < -0.4 is 5.32 Å². The van der Waals surface area contributed by atoms with Gasteiger partial charge in [0.05, 0.1) is 0 Å². The zero-order valence-electron chi connectivity index (χ0n) is 13.5. The van der Waals surface area contributed by atoms with Crippen LogP contribution in [0.3, 0.4) is 0 Å². The minimum absolute atomic E-state index is 0.399. The number of carboxylic acid groups (broad SMARTS) is 2. The molecule has 0 radical (unpaired) electrons. The number of aliphatic hydroxyl groups is 2. The van der Waals surface area contributed by atoms with Crippen LogP contribution in [0.2, 0.25) is 0 Å². The summed E-state index contributed by atoms with van der Waals surface area (Å²) >= 11 is 0. The molecule has 0 heterocycles. The molecular formula is C15H27NO6. The fourth-order valence-corrected chi connectivity index (χ4v) is 3.91. The van der Waals surface area contributed by atoms with Gasteiger partial charge in [-0.05, 0) is 50.5 Å². The van der Waals surface area contributed by atoms with E-state index in [1.54, 1.807) is 0 Å². The maximum absolute atomic E-state index is 9.77. The Balaban J connectivity index is 0.000000225. The van der Waals surface area contributed by atoms with Crippen molar-refractivity contribution in [2.45, 2.75) is 57.8 Å². The lowest BCUT2D eigenvalue weighted by Crippen LogP contribution is -2.55. The van der Waals surface area contributed by atoms with Crippen molar-refractivity contribution in [1.82, 2.24) is 5.32 Å². The normalized spacial score (nSPS) is 34.5. The van der Waals surface area contributed by atoms with E-state index in [0.29, 0.717) is 11.0 Å². The number of carboxylic acids is 2. The number of fused-ring (bicyclic) bond motifs is 2. The van der Waals surface area contributed by atoms with Gasteiger partial charge in [0.1, 0.15) is 0 Å². The van der Waals surface area contributed by atoms with Crippen molar-refractivity contribution in [3.05, 3.63) is 0 Å². The van der Waals surface area contributed by atoms with Crippen molar-refractivity contribution in [2.24, 2.45) is 17.3 Å². The van der Waals surface area contributed by atoms with Crippen LogP contribution in [0.4, 0.5) is 0 Å². The summed E-state index contributed by atoms with van der Waals surface area (Å²) in [4.78, 5) is 19.5. The van der Waals surface area contributed by atoms with E-state index >= 15 is 0 Å². The SMILES string of the molecule is CNC1(C)C2CCC(C2)C1(C)C.O=C(O)C(O)C(O)C(=O)O. The third kappa shape index (κ3) is 3.11. The summed E-state index contributed by atoms with van der Waals surface area (Å²) in [5.74, 6) is -1.63. The largest absolute Gasteiger partial charge is 0.479 e. The van der Waals surface area contributed by atoms with E-state index < -0.39 is 24.1 Å². The van der Waals surface area contributed by atoms with Gasteiger partial charge in [-0.25, -0.2) is 9.59 Å². The lowest BCUT2D eigenvalue weighted by molar-refractivity contribution is -0.165. The summed E-state index contributed by atoms with van der Waals surface area (Å²) in [6.45, 7) is 7.29. The molecule has 128 valence electrons. The quantitative estimate of drug-likeness (QED) is 0.504. The molecule has 0 spiro atoms. The van der Waals surface area contributed by atoms with Gasteiger partial charge in [-0.1, -0.05) is 13.8 Å². The zero-order valence-corrected chi connectivity index (χ0v) is 13.5. The molecule has 2 rings (SSSR count). The van der Waals surface area contributed by atoms with Gasteiger partial charge in [0.15, 0.2) is 12.2 Å². The summed E-state index contributed by atoms with van der Waals surface area (Å²) in [7, 11) is 2.13. The first-order valence-electron chi connectivity index (χ1n) is 7.49. The molecule has 5 N–H and O–H groups in total. The Bertz CT molecular complexity index is 420. The maximum Gasteiger partial charge on any atom is 0.335 e. The zero-order chi connectivity index (χ0) is 17.3. The molecule has 0 aromatic rings. The minimum atomic E-state index is -2.27. The van der Waals surface area contributed by atoms with Gasteiger partial charge in [0.25, 0.3) is 0 Å². The van der Waals surface area contributed by atoms with Gasteiger partial charge in [0.2, 0.25) is 0 Å². The van der Waals surface area contributed by atoms with Crippen LogP contribution in [0.1, 0.15) is 40.0 Å². The Morgan fingerprint density at radius 2 is 1.41 bits per heavy atom. The van der Waals surface area contributed by atoms with Gasteiger partial charge < -0.3 is 25.7 Å². The van der Waals surface area contributed by atoms with E-state index in [9.17, 15) is 9.59 Å². The molecular weight excluding hydrogens is 290 g/mol. The molecule has 0 aliphatic heterocycles. The summed E-state index contributed by atoms with van der Waals surface area (Å²) in [5.41, 5.74) is 0.903. The fraction of sp³-hybridized carbons (Fsp3) is 0.867. The van der Waals surface area contributed by atoms with Crippen molar-refractivity contribution < 1.29 is 30.0 Å². The smallest absolute Gasteiger partial charge is 0.335 e. The molecule has 5 atom stereocenters. The predicted molar refractivity (Wildman–Crippen MR) is 79.4 cm³/mol. The van der Waals surface area contributed by atoms with Gasteiger partial charge in [-0.3, -0.25) is 0 Å². The van der Waals surface area contributed by atoms with Crippen LogP contribution in [0.5, 0.6) is 0 Å². The molecule has 2 fully saturated rings. The predicted octanol–water partition coefficient (Wildman–Crippen LogP) is 0.298. The highest BCUT2D eigenvalue weighted by Crippen LogP contribution is 2.60. The summed E-state index contributed by atoms with van der Waals surface area (Å²) < 4.78 is 0. The van der Waals surface area contributed by atoms with Crippen molar-refractivity contribution in [1.29, 1.82) is 0 Å². The molecule has 7 heteroatoms. The van der Waals surface area contributed by atoms with Crippen LogP contribution in [-0.4, -0.2) is 57.2 Å². The molecule has 2 saturated carbocycles. The first-order valence-corrected chi connectivity index (χ1v) is 7.49. The number of aliphatic hydroxyl groups excluding tert-OH is 2. The minimum Gasteiger partial charge on any atom is -0.479 e. The molecule has 0 aromatic heterocycles. The van der Waals surface area contributed by atoms with E-state index in [2.05, 4.69) is 33.1 Å². The highest BCUT2D eigenvalue weighted by atomic mass is 16.4. The molecule has 2 aliphatic carbocycles. The number of aliphatic carboxylic acids is 2. The number of hydrogen-bond acceptors (Lipinski definition) is 5. The molecule has 0 saturated heterocycles. The summed E-state index contributed by atoms with van der Waals surface area (Å²) in [6, 6.07) is 0. The average Bonchev–Trinajstić information content (AvgIpc) is 3.00. The number of hydrogen-bond donors (Lipinski definition) is 5. The average molecular weight is 317 g/mol. The van der Waals surface area contributed by atoms with Crippen molar-refractivity contribution >= 4 is 11.9 Å². The summed E-state index contributed by atoms with van der Waals surface area (Å²) in [6.07, 6.45) is -0.153. The highest BCUT2D eigenvalue weighted by molar-refractivity contribution is 5.83. The Morgan fingerprint density at radius 3 is 1.64 bits per heavy atom. The molecule has 0 amide bonds. The topological polar surface area (TPSA) is 127 Å². The Morgan fingerprint density at radius 1 is 1.00 bits per heavy atom. The second kappa shape index (κ2) is 6.52. The Labute approximate surface area is 130 Å². The van der Waals surface area contributed by atoms with Gasteiger partial charge >= 0.3 is 11.9 Å². The van der Waals surface area contributed by atoms with E-state index in [-0.39, 0.29) is 0 Å². The number of nitrogens with one attached hydrogen (secondary N) is 1. The van der Waals surface area contributed by atoms with Crippen LogP contribution in [-0.2, 0) is 9.59 Å². The molecule has 0 aromatic carbocycles. The van der Waals surface area contributed by atoms with Crippen LogP contribution in [0.25, 0.3) is 0 Å². The standard InChI is InChI=1S/C11H21N.C4H6O6/c1-10(2)8-5-6-9(7-8)11(10,3)12-4;5-1(3(7)8)2(6)4(9)10/h8-9,12H,5-7H2,1-4H3;1-2,5-6H,(H,7,8)(H,9,10). The lowest BCUT2D eigenvalue weighted by atomic mass is 9.64. The van der Waals surface area contributed by atoms with Crippen molar-refractivity contribution in [3.8, 4) is 0 Å². The van der Waals surface area contributed by atoms with Crippen molar-refractivity contribution in [3.63, 3.8) is 0 Å². The third-order valence-corrected chi connectivity index (χ3v) is 5.93. The third-order valence-electron chi connectivity index (χ3n) is 5.93. The van der Waals surface area contributed by atoms with Gasteiger partial charge in [0, 0.05) is 5.54 Å². The lowest BCUT2D eigenvalue weighted by Gasteiger charge is -2.47. The van der Waals surface area contributed by atoms with Gasteiger partial charge in [-0.15, -0.1) is 0 Å². The first-order chi connectivity index (χ1) is 9.99. The molecule has 7 nitrogen and oxygen atoms in total. The number of rotatable bonds is 4. The fourth-order valence-electron chi connectivity index (χ4n) is 3.91. The molecule has 5 unspecified atom stereocenters. The van der Waals surface area contributed by atoms with Crippen LogP contribution in [0.15, 0.2) is 0 Å². The van der Waals surface area contributed by atoms with Crippen LogP contribution in [0, 0.1) is 17.3 Å².